The highest BCUT2D eigenvalue weighted by Crippen LogP contribution is 2.36. The lowest BCUT2D eigenvalue weighted by molar-refractivity contribution is -0.128. The first-order valence-electron chi connectivity index (χ1n) is 9.77. The molecule has 1 aliphatic heterocycles. The predicted molar refractivity (Wildman–Crippen MR) is 119 cm³/mol. The molecule has 0 atom stereocenters. The van der Waals surface area contributed by atoms with Gasteiger partial charge in [-0.05, 0) is 45.0 Å². The van der Waals surface area contributed by atoms with Crippen molar-refractivity contribution in [2.75, 3.05) is 12.1 Å². The fourth-order valence-corrected chi connectivity index (χ4v) is 3.35. The Hall–Kier alpha value is -3.46. The smallest absolute Gasteiger partial charge is 0.269 e. The Bertz CT molecular complexity index is 1090. The van der Waals surface area contributed by atoms with Crippen LogP contribution in [0.1, 0.15) is 26.5 Å². The van der Waals surface area contributed by atoms with E-state index < -0.39 is 5.60 Å². The van der Waals surface area contributed by atoms with Gasteiger partial charge < -0.3 is 14.2 Å². The van der Waals surface area contributed by atoms with Gasteiger partial charge in [-0.3, -0.25) is 14.9 Å². The van der Waals surface area contributed by atoms with Gasteiger partial charge in [0.1, 0.15) is 17.3 Å². The van der Waals surface area contributed by atoms with Crippen LogP contribution in [0.4, 0.5) is 9.52 Å². The summed E-state index contributed by atoms with van der Waals surface area (Å²) in [6.07, 6.45) is 0.253. The topological polar surface area (TPSA) is 86.8 Å². The lowest BCUT2D eigenvalue weighted by Crippen LogP contribution is -2.42. The molecule has 0 saturated heterocycles. The van der Waals surface area contributed by atoms with Crippen molar-refractivity contribution >= 4 is 28.2 Å². The molecule has 0 aliphatic carbocycles. The molecule has 0 unspecified atom stereocenters. The SMILES string of the molecule is CC(=O)Cc1csc(NC(=O)C(C)(C)Oc2ccc3c(c2)OCO3)n1.Fc1ccccc1. The molecule has 0 spiro atoms. The second-order valence-corrected chi connectivity index (χ2v) is 8.26. The van der Waals surface area contributed by atoms with Crippen molar-refractivity contribution in [3.63, 3.8) is 0 Å². The number of nitrogens with one attached hydrogen (secondary N) is 1. The molecule has 4 rings (SSSR count). The maximum absolute atomic E-state index is 12.5. The number of Topliss-reactive ketones (excluding diaryl/α,β-unsaturated/α-hetero) is 1. The number of carbonyl (C=O) groups excluding carboxylic acids is 2. The normalized spacial score (nSPS) is 11.9. The zero-order valence-corrected chi connectivity index (χ0v) is 18.7. The molecular weight excluding hydrogens is 435 g/mol. The molecule has 9 heteroatoms. The van der Waals surface area contributed by atoms with Crippen molar-refractivity contribution in [1.29, 1.82) is 0 Å². The maximum Gasteiger partial charge on any atom is 0.269 e. The number of anilines is 1. The number of aromatic nitrogens is 1. The number of hydrogen-bond donors (Lipinski definition) is 1. The highest BCUT2D eigenvalue weighted by atomic mass is 32.1. The third-order valence-corrected chi connectivity index (χ3v) is 5.01. The van der Waals surface area contributed by atoms with E-state index in [2.05, 4.69) is 10.3 Å². The second kappa shape index (κ2) is 10.2. The number of hydrogen-bond acceptors (Lipinski definition) is 7. The summed E-state index contributed by atoms with van der Waals surface area (Å²) in [6.45, 7) is 5.00. The van der Waals surface area contributed by atoms with Gasteiger partial charge in [0.05, 0.1) is 5.69 Å². The van der Waals surface area contributed by atoms with E-state index >= 15 is 0 Å². The summed E-state index contributed by atoms with van der Waals surface area (Å²) in [5.41, 5.74) is -0.484. The van der Waals surface area contributed by atoms with Crippen LogP contribution in [0.3, 0.4) is 0 Å². The van der Waals surface area contributed by atoms with E-state index in [1.807, 2.05) is 0 Å². The largest absolute Gasteiger partial charge is 0.478 e. The number of ether oxygens (including phenoxy) is 3. The summed E-state index contributed by atoms with van der Waals surface area (Å²) < 4.78 is 28.3. The number of carbonyl (C=O) groups is 2. The highest BCUT2D eigenvalue weighted by molar-refractivity contribution is 7.13. The van der Waals surface area contributed by atoms with E-state index in [1.54, 1.807) is 55.6 Å². The van der Waals surface area contributed by atoms with Gasteiger partial charge in [-0.2, -0.15) is 0 Å². The van der Waals surface area contributed by atoms with E-state index in [4.69, 9.17) is 14.2 Å². The Morgan fingerprint density at radius 2 is 1.88 bits per heavy atom. The van der Waals surface area contributed by atoms with Gasteiger partial charge >= 0.3 is 0 Å². The molecule has 0 saturated carbocycles. The van der Waals surface area contributed by atoms with Crippen molar-refractivity contribution in [2.24, 2.45) is 0 Å². The number of nitrogens with zero attached hydrogens (tertiary/aromatic N) is 1. The van der Waals surface area contributed by atoms with Crippen molar-refractivity contribution < 1.29 is 28.2 Å². The number of rotatable bonds is 6. The third-order valence-electron chi connectivity index (χ3n) is 4.20. The van der Waals surface area contributed by atoms with Crippen LogP contribution in [-0.4, -0.2) is 29.1 Å². The summed E-state index contributed by atoms with van der Waals surface area (Å²) in [4.78, 5) is 27.9. The molecule has 1 amide bonds. The van der Waals surface area contributed by atoms with E-state index in [0.717, 1.165) is 0 Å². The van der Waals surface area contributed by atoms with E-state index in [0.29, 0.717) is 28.1 Å². The van der Waals surface area contributed by atoms with Crippen LogP contribution in [0.2, 0.25) is 0 Å². The average Bonchev–Trinajstić information content (AvgIpc) is 3.37. The molecule has 1 aromatic heterocycles. The fraction of sp³-hybridized carbons (Fsp3) is 0.261. The number of ketones is 1. The van der Waals surface area contributed by atoms with Crippen LogP contribution in [-0.2, 0) is 16.0 Å². The van der Waals surface area contributed by atoms with Crippen LogP contribution >= 0.6 is 11.3 Å². The zero-order valence-electron chi connectivity index (χ0n) is 17.9. The van der Waals surface area contributed by atoms with Gasteiger partial charge in [-0.1, -0.05) is 18.2 Å². The molecule has 32 heavy (non-hydrogen) atoms. The second-order valence-electron chi connectivity index (χ2n) is 7.40. The molecule has 1 N–H and O–H groups in total. The third kappa shape index (κ3) is 6.52. The summed E-state index contributed by atoms with van der Waals surface area (Å²) in [6, 6.07) is 13.1. The first-order valence-corrected chi connectivity index (χ1v) is 10.7. The molecule has 2 heterocycles. The highest BCUT2D eigenvalue weighted by Gasteiger charge is 2.31. The number of benzene rings is 2. The van der Waals surface area contributed by atoms with Gasteiger partial charge in [0.15, 0.2) is 22.2 Å². The predicted octanol–water partition coefficient (Wildman–Crippen LogP) is 4.63. The molecule has 2 aromatic carbocycles. The standard InChI is InChI=1S/C17H18N2O5S.C6H5F/c1-10(20)6-11-8-25-16(18-11)19-15(21)17(2,3)24-12-4-5-13-14(7-12)23-9-22-13;7-6-4-2-1-3-5-6/h4-5,7-8H,6,9H2,1-3H3,(H,18,19,21);1-5H. The van der Waals surface area contributed by atoms with Crippen molar-refractivity contribution in [1.82, 2.24) is 4.98 Å². The molecule has 0 radical (unpaired) electrons. The van der Waals surface area contributed by atoms with Crippen LogP contribution in [0.5, 0.6) is 17.2 Å². The van der Waals surface area contributed by atoms with Gasteiger partial charge in [-0.15, -0.1) is 11.3 Å². The number of amides is 1. The Morgan fingerprint density at radius 3 is 2.53 bits per heavy atom. The molecule has 0 fully saturated rings. The Labute approximate surface area is 189 Å². The summed E-state index contributed by atoms with van der Waals surface area (Å²) in [5.74, 6) is 1.24. The first kappa shape index (κ1) is 23.2. The monoisotopic (exact) mass is 458 g/mol. The Morgan fingerprint density at radius 1 is 1.16 bits per heavy atom. The van der Waals surface area contributed by atoms with Crippen molar-refractivity contribution in [3.8, 4) is 17.2 Å². The minimum Gasteiger partial charge on any atom is -0.478 e. The quantitative estimate of drug-likeness (QED) is 0.580. The average molecular weight is 459 g/mol. The lowest BCUT2D eigenvalue weighted by Gasteiger charge is -2.24. The molecule has 3 aromatic rings. The molecular formula is C23H23FN2O5S. The summed E-state index contributed by atoms with van der Waals surface area (Å²) in [5, 5.41) is 4.91. The van der Waals surface area contributed by atoms with E-state index in [-0.39, 0.29) is 30.7 Å². The Kier molecular flexibility index (Phi) is 7.42. The zero-order chi connectivity index (χ0) is 23.1. The number of halogens is 1. The fourth-order valence-electron chi connectivity index (χ4n) is 2.64. The number of thiazole rings is 1. The van der Waals surface area contributed by atoms with Crippen molar-refractivity contribution in [2.45, 2.75) is 32.8 Å². The molecule has 168 valence electrons. The van der Waals surface area contributed by atoms with Crippen molar-refractivity contribution in [3.05, 3.63) is 65.4 Å². The van der Waals surface area contributed by atoms with Crippen LogP contribution in [0.25, 0.3) is 0 Å². The van der Waals surface area contributed by atoms with Crippen LogP contribution in [0.15, 0.2) is 53.9 Å². The van der Waals surface area contributed by atoms with E-state index in [1.165, 1.54) is 30.4 Å². The maximum atomic E-state index is 12.5. The van der Waals surface area contributed by atoms with Gasteiger partial charge in [-0.25, -0.2) is 9.37 Å². The lowest BCUT2D eigenvalue weighted by atomic mass is 10.1. The summed E-state index contributed by atoms with van der Waals surface area (Å²) >= 11 is 1.27. The molecule has 7 nitrogen and oxygen atoms in total. The number of fused-ring (bicyclic) bond motifs is 1. The molecule has 0 bridgehead atoms. The minimum atomic E-state index is -1.12. The minimum absolute atomic E-state index is 0.0228. The van der Waals surface area contributed by atoms with Gasteiger partial charge in [0, 0.05) is 17.9 Å². The van der Waals surface area contributed by atoms with Gasteiger partial charge in [0.2, 0.25) is 6.79 Å². The Balaban J connectivity index is 0.000000352. The van der Waals surface area contributed by atoms with Gasteiger partial charge in [0.25, 0.3) is 5.91 Å². The summed E-state index contributed by atoms with van der Waals surface area (Å²) in [7, 11) is 0. The molecule has 1 aliphatic rings. The first-order chi connectivity index (χ1) is 15.2. The van der Waals surface area contributed by atoms with Crippen LogP contribution in [0, 0.1) is 5.82 Å². The van der Waals surface area contributed by atoms with Crippen LogP contribution < -0.4 is 19.5 Å². The van der Waals surface area contributed by atoms with E-state index in [9.17, 15) is 14.0 Å².